The maximum Gasteiger partial charge on any atom is 0.273 e. The second-order valence-corrected chi connectivity index (χ2v) is 11.3. The summed E-state index contributed by atoms with van der Waals surface area (Å²) in [5.74, 6) is 2.60. The molecule has 1 aliphatic rings. The molecule has 0 spiro atoms. The average Bonchev–Trinajstić information content (AvgIpc) is 3.49. The Hall–Kier alpha value is -4.46. The monoisotopic (exact) mass is 569 g/mol. The van der Waals surface area contributed by atoms with Crippen molar-refractivity contribution in [3.63, 3.8) is 0 Å². The molecule has 1 atom stereocenters. The van der Waals surface area contributed by atoms with E-state index in [0.717, 1.165) is 40.0 Å². The number of aryl methyl sites for hydroxylation is 2. The molecule has 3 aromatic carbocycles. The van der Waals surface area contributed by atoms with Gasteiger partial charge in [-0.3, -0.25) is 9.89 Å². The molecule has 8 heteroatoms. The van der Waals surface area contributed by atoms with Gasteiger partial charge in [0.25, 0.3) is 5.91 Å². The van der Waals surface area contributed by atoms with Crippen molar-refractivity contribution in [2.45, 2.75) is 46.6 Å². The van der Waals surface area contributed by atoms with E-state index in [1.165, 1.54) is 0 Å². The third-order valence-corrected chi connectivity index (χ3v) is 7.79. The van der Waals surface area contributed by atoms with Crippen molar-refractivity contribution in [1.82, 2.24) is 15.1 Å². The molecule has 1 aromatic heterocycles. The fraction of sp³-hybridized carbons (Fsp3) is 0.353. The standard InChI is InChI=1S/C34H39N3O5/c1-20(2)13-15-42-25-9-7-8-24(19-25)33-30-31(29-22(4)16-21(3)17-26(29)38)35-36-32(30)34(39)37(33)14-12-23-10-11-27(40-5)28(18-23)41-6/h7-11,16-20,33,38H,12-15H2,1-6H3,(H,35,36). The van der Waals surface area contributed by atoms with Crippen LogP contribution in [-0.2, 0) is 6.42 Å². The predicted octanol–water partition coefficient (Wildman–Crippen LogP) is 6.63. The Kier molecular flexibility index (Phi) is 8.43. The number of H-pyrrole nitrogens is 1. The van der Waals surface area contributed by atoms with Gasteiger partial charge in [-0.2, -0.15) is 5.10 Å². The van der Waals surface area contributed by atoms with Crippen molar-refractivity contribution in [3.8, 4) is 34.3 Å². The van der Waals surface area contributed by atoms with Gasteiger partial charge in [0.15, 0.2) is 11.5 Å². The Balaban J connectivity index is 1.55. The first-order valence-corrected chi connectivity index (χ1v) is 14.3. The van der Waals surface area contributed by atoms with E-state index in [1.54, 1.807) is 20.3 Å². The summed E-state index contributed by atoms with van der Waals surface area (Å²) >= 11 is 0. The topological polar surface area (TPSA) is 96.9 Å². The number of rotatable bonds is 11. The minimum absolute atomic E-state index is 0.135. The minimum Gasteiger partial charge on any atom is -0.507 e. The first-order chi connectivity index (χ1) is 20.2. The lowest BCUT2D eigenvalue weighted by Crippen LogP contribution is -2.31. The van der Waals surface area contributed by atoms with Gasteiger partial charge in [-0.25, -0.2) is 0 Å². The normalized spacial score (nSPS) is 14.4. The van der Waals surface area contributed by atoms with Crippen LogP contribution in [0.1, 0.15) is 64.6 Å². The Morgan fingerprint density at radius 1 is 1.02 bits per heavy atom. The van der Waals surface area contributed by atoms with E-state index in [-0.39, 0.29) is 11.7 Å². The van der Waals surface area contributed by atoms with Gasteiger partial charge in [0.05, 0.1) is 26.9 Å². The number of nitrogens with one attached hydrogen (secondary N) is 1. The van der Waals surface area contributed by atoms with E-state index in [0.29, 0.717) is 53.9 Å². The molecule has 220 valence electrons. The Labute approximate surface area is 247 Å². The van der Waals surface area contributed by atoms with E-state index >= 15 is 0 Å². The molecule has 8 nitrogen and oxygen atoms in total. The van der Waals surface area contributed by atoms with Crippen LogP contribution >= 0.6 is 0 Å². The zero-order valence-electron chi connectivity index (χ0n) is 25.2. The molecular weight excluding hydrogens is 530 g/mol. The first-order valence-electron chi connectivity index (χ1n) is 14.3. The second-order valence-electron chi connectivity index (χ2n) is 11.3. The number of benzene rings is 3. The maximum absolute atomic E-state index is 13.9. The van der Waals surface area contributed by atoms with Crippen LogP contribution in [-0.4, -0.2) is 53.5 Å². The molecule has 0 aliphatic carbocycles. The highest BCUT2D eigenvalue weighted by Crippen LogP contribution is 2.46. The molecule has 0 fully saturated rings. The summed E-state index contributed by atoms with van der Waals surface area (Å²) in [5.41, 5.74) is 6.19. The largest absolute Gasteiger partial charge is 0.507 e. The number of methoxy groups -OCH3 is 2. The lowest BCUT2D eigenvalue weighted by molar-refractivity contribution is 0.0745. The van der Waals surface area contributed by atoms with Gasteiger partial charge >= 0.3 is 0 Å². The number of hydrogen-bond donors (Lipinski definition) is 2. The Morgan fingerprint density at radius 3 is 2.52 bits per heavy atom. The molecule has 1 unspecified atom stereocenters. The van der Waals surface area contributed by atoms with Crippen LogP contribution in [0.4, 0.5) is 0 Å². The number of carbonyl (C=O) groups excluding carboxylic acids is 1. The zero-order chi connectivity index (χ0) is 30.0. The van der Waals surface area contributed by atoms with Crippen LogP contribution in [0.5, 0.6) is 23.0 Å². The van der Waals surface area contributed by atoms with Crippen LogP contribution in [0.15, 0.2) is 54.6 Å². The Morgan fingerprint density at radius 2 is 1.81 bits per heavy atom. The van der Waals surface area contributed by atoms with Gasteiger partial charge in [-0.05, 0) is 85.2 Å². The minimum atomic E-state index is -0.421. The number of nitrogens with zero attached hydrogens (tertiary/aromatic N) is 2. The van der Waals surface area contributed by atoms with Crippen LogP contribution < -0.4 is 14.2 Å². The molecular formula is C34H39N3O5. The third-order valence-electron chi connectivity index (χ3n) is 7.79. The highest BCUT2D eigenvalue weighted by molar-refractivity contribution is 6.00. The summed E-state index contributed by atoms with van der Waals surface area (Å²) in [6.07, 6.45) is 1.56. The number of carbonyl (C=O) groups is 1. The molecule has 2 heterocycles. The molecule has 1 amide bonds. The summed E-state index contributed by atoms with van der Waals surface area (Å²) in [6, 6.07) is 17.1. The van der Waals surface area contributed by atoms with Gasteiger partial charge in [-0.15, -0.1) is 0 Å². The van der Waals surface area contributed by atoms with Crippen molar-refractivity contribution in [2.24, 2.45) is 5.92 Å². The van der Waals surface area contributed by atoms with Crippen LogP contribution in [0, 0.1) is 19.8 Å². The number of phenols is 1. The van der Waals surface area contributed by atoms with E-state index in [2.05, 4.69) is 24.0 Å². The van der Waals surface area contributed by atoms with Crippen LogP contribution in [0.3, 0.4) is 0 Å². The fourth-order valence-electron chi connectivity index (χ4n) is 5.69. The summed E-state index contributed by atoms with van der Waals surface area (Å²) in [7, 11) is 3.22. The lowest BCUT2D eigenvalue weighted by Gasteiger charge is -2.27. The van der Waals surface area contributed by atoms with Crippen molar-refractivity contribution in [3.05, 3.63) is 88.1 Å². The van der Waals surface area contributed by atoms with Crippen molar-refractivity contribution in [2.75, 3.05) is 27.4 Å². The molecule has 0 bridgehead atoms. The summed E-state index contributed by atoms with van der Waals surface area (Å²) in [5, 5.41) is 18.6. The molecule has 5 rings (SSSR count). The predicted molar refractivity (Wildman–Crippen MR) is 163 cm³/mol. The smallest absolute Gasteiger partial charge is 0.273 e. The highest BCUT2D eigenvalue weighted by atomic mass is 16.5. The van der Waals surface area contributed by atoms with Gasteiger partial charge in [0.1, 0.15) is 22.9 Å². The van der Waals surface area contributed by atoms with E-state index < -0.39 is 6.04 Å². The van der Waals surface area contributed by atoms with Gasteiger partial charge in [-0.1, -0.05) is 38.1 Å². The third kappa shape index (κ3) is 5.66. The summed E-state index contributed by atoms with van der Waals surface area (Å²) < 4.78 is 17.0. The lowest BCUT2D eigenvalue weighted by atomic mass is 9.93. The number of hydrogen-bond acceptors (Lipinski definition) is 6. The second kappa shape index (κ2) is 12.2. The van der Waals surface area contributed by atoms with Crippen molar-refractivity contribution >= 4 is 5.91 Å². The van der Waals surface area contributed by atoms with Gasteiger partial charge < -0.3 is 24.2 Å². The van der Waals surface area contributed by atoms with Crippen LogP contribution in [0.2, 0.25) is 0 Å². The number of phenolic OH excluding ortho intramolecular Hbond substituents is 1. The van der Waals surface area contributed by atoms with Crippen molar-refractivity contribution < 1.29 is 24.1 Å². The number of amides is 1. The fourth-order valence-corrected chi connectivity index (χ4v) is 5.69. The van der Waals surface area contributed by atoms with E-state index in [1.807, 2.05) is 67.3 Å². The number of aromatic hydroxyl groups is 1. The number of fused-ring (bicyclic) bond motifs is 1. The van der Waals surface area contributed by atoms with Crippen molar-refractivity contribution in [1.29, 1.82) is 0 Å². The molecule has 0 radical (unpaired) electrons. The quantitative estimate of drug-likeness (QED) is 0.211. The van der Waals surface area contributed by atoms with E-state index in [4.69, 9.17) is 14.2 Å². The summed E-state index contributed by atoms with van der Waals surface area (Å²) in [4.78, 5) is 15.8. The van der Waals surface area contributed by atoms with Crippen LogP contribution in [0.25, 0.3) is 11.3 Å². The zero-order valence-corrected chi connectivity index (χ0v) is 25.2. The molecule has 0 saturated heterocycles. The first kappa shape index (κ1) is 29.0. The molecule has 4 aromatic rings. The van der Waals surface area contributed by atoms with E-state index in [9.17, 15) is 9.90 Å². The Bertz CT molecular complexity index is 1570. The van der Waals surface area contributed by atoms with Gasteiger partial charge in [0, 0.05) is 17.7 Å². The number of ether oxygens (including phenoxy) is 3. The SMILES string of the molecule is COc1ccc(CCN2C(=O)c3[nH]nc(-c4c(C)cc(C)cc4O)c3C2c2cccc(OCCC(C)C)c2)cc1OC. The molecule has 0 saturated carbocycles. The maximum atomic E-state index is 13.9. The average molecular weight is 570 g/mol. The van der Waals surface area contributed by atoms with Gasteiger partial charge in [0.2, 0.25) is 0 Å². The highest BCUT2D eigenvalue weighted by Gasteiger charge is 2.42. The molecule has 2 N–H and O–H groups in total. The number of aromatic amines is 1. The number of aromatic nitrogens is 2. The summed E-state index contributed by atoms with van der Waals surface area (Å²) in [6.45, 7) is 9.31. The molecule has 1 aliphatic heterocycles. The molecule has 42 heavy (non-hydrogen) atoms.